The van der Waals surface area contributed by atoms with Crippen molar-refractivity contribution in [2.45, 2.75) is 12.8 Å². The molecule has 0 spiro atoms. The van der Waals surface area contributed by atoms with E-state index in [0.29, 0.717) is 5.75 Å². The number of piperidine rings is 1. The second-order valence-electron chi connectivity index (χ2n) is 6.44. The van der Waals surface area contributed by atoms with Crippen molar-refractivity contribution in [2.75, 3.05) is 13.1 Å². The van der Waals surface area contributed by atoms with Crippen LogP contribution in [0.1, 0.15) is 29.5 Å². The van der Waals surface area contributed by atoms with E-state index < -0.39 is 0 Å². The number of nitrogens with zero attached hydrogens (tertiary/aromatic N) is 1. The first kappa shape index (κ1) is 14.1. The molecular weight excluding hydrogens is 282 g/mol. The molecule has 0 aromatic heterocycles. The Labute approximate surface area is 137 Å². The Morgan fingerprint density at radius 2 is 1.39 bits per heavy atom. The van der Waals surface area contributed by atoms with E-state index in [-0.39, 0.29) is 0 Å². The minimum atomic E-state index is 0.303. The van der Waals surface area contributed by atoms with Gasteiger partial charge in [-0.1, -0.05) is 48.6 Å². The van der Waals surface area contributed by atoms with Crippen LogP contribution in [0.15, 0.2) is 54.7 Å². The summed E-state index contributed by atoms with van der Waals surface area (Å²) < 4.78 is 0. The molecule has 1 fully saturated rings. The highest BCUT2D eigenvalue weighted by atomic mass is 16.3. The average Bonchev–Trinajstić information content (AvgIpc) is 2.63. The number of rotatable bonds is 3. The Balaban J connectivity index is 1.51. The molecule has 3 aliphatic heterocycles. The fourth-order valence-electron chi connectivity index (χ4n) is 3.52. The van der Waals surface area contributed by atoms with Gasteiger partial charge in [-0.15, -0.1) is 0 Å². The lowest BCUT2D eigenvalue weighted by Crippen LogP contribution is -2.35. The van der Waals surface area contributed by atoms with Crippen molar-refractivity contribution in [1.29, 1.82) is 0 Å². The lowest BCUT2D eigenvalue weighted by atomic mass is 9.82. The molecule has 2 aromatic carbocycles. The Morgan fingerprint density at radius 3 is 1.91 bits per heavy atom. The maximum atomic E-state index is 9.31. The topological polar surface area (TPSA) is 23.5 Å². The molecule has 1 N–H and O–H groups in total. The lowest BCUT2D eigenvalue weighted by Gasteiger charge is -2.39. The van der Waals surface area contributed by atoms with Crippen molar-refractivity contribution >= 4 is 17.7 Å². The molecule has 2 bridgehead atoms. The molecule has 0 aliphatic carbocycles. The zero-order valence-corrected chi connectivity index (χ0v) is 13.2. The van der Waals surface area contributed by atoms with Crippen molar-refractivity contribution in [3.05, 3.63) is 71.4 Å². The van der Waals surface area contributed by atoms with Crippen LogP contribution in [0.2, 0.25) is 0 Å². The van der Waals surface area contributed by atoms with Crippen molar-refractivity contribution in [1.82, 2.24) is 4.90 Å². The number of hydrogen-bond acceptors (Lipinski definition) is 2. The zero-order chi connectivity index (χ0) is 15.6. The SMILES string of the molecule is Oc1ccc(/C=C/c2ccc(C3=CN4CCC3CC4)cc2)cc1. The molecule has 2 nitrogen and oxygen atoms in total. The van der Waals surface area contributed by atoms with Gasteiger partial charge >= 0.3 is 0 Å². The van der Waals surface area contributed by atoms with Gasteiger partial charge in [0.1, 0.15) is 5.75 Å². The van der Waals surface area contributed by atoms with Crippen molar-refractivity contribution in [2.24, 2.45) is 5.92 Å². The molecule has 23 heavy (non-hydrogen) atoms. The minimum absolute atomic E-state index is 0.303. The zero-order valence-electron chi connectivity index (χ0n) is 13.2. The quantitative estimate of drug-likeness (QED) is 0.836. The van der Waals surface area contributed by atoms with Gasteiger partial charge in [-0.25, -0.2) is 0 Å². The number of hydrogen-bond donors (Lipinski definition) is 1. The largest absolute Gasteiger partial charge is 0.508 e. The van der Waals surface area contributed by atoms with Crippen LogP contribution in [-0.2, 0) is 0 Å². The van der Waals surface area contributed by atoms with Gasteiger partial charge in [0.15, 0.2) is 0 Å². The molecule has 5 rings (SSSR count). The lowest BCUT2D eigenvalue weighted by molar-refractivity contribution is 0.252. The number of fused-ring (bicyclic) bond motifs is 2. The van der Waals surface area contributed by atoms with E-state index in [0.717, 1.165) is 11.5 Å². The summed E-state index contributed by atoms with van der Waals surface area (Å²) in [6.07, 6.45) is 9.14. The molecule has 2 heteroatoms. The Morgan fingerprint density at radius 1 is 0.826 bits per heavy atom. The molecule has 2 aromatic rings. The minimum Gasteiger partial charge on any atom is -0.508 e. The highest BCUT2D eigenvalue weighted by Crippen LogP contribution is 2.37. The summed E-state index contributed by atoms with van der Waals surface area (Å²) in [4.78, 5) is 2.45. The fraction of sp³-hybridized carbons (Fsp3) is 0.238. The standard InChI is InChI=1S/C21H21NO/c23-20-9-5-17(6-10-20)2-1-16-3-7-18(8-4-16)21-15-22-13-11-19(21)12-14-22/h1-10,15,19,23H,11-14H2/b2-1+. The van der Waals surface area contributed by atoms with Crippen molar-refractivity contribution in [3.8, 4) is 5.75 Å². The van der Waals surface area contributed by atoms with Gasteiger partial charge in [0.05, 0.1) is 0 Å². The van der Waals surface area contributed by atoms with Gasteiger partial charge in [0, 0.05) is 19.3 Å². The molecular formula is C21H21NO. The maximum Gasteiger partial charge on any atom is 0.115 e. The highest BCUT2D eigenvalue weighted by Gasteiger charge is 2.27. The molecule has 116 valence electrons. The van der Waals surface area contributed by atoms with E-state index in [9.17, 15) is 5.11 Å². The number of phenols is 1. The van der Waals surface area contributed by atoms with E-state index in [4.69, 9.17) is 0 Å². The van der Waals surface area contributed by atoms with Gasteiger partial charge < -0.3 is 10.0 Å². The average molecular weight is 303 g/mol. The second kappa shape index (κ2) is 5.96. The van der Waals surface area contributed by atoms with Crippen LogP contribution in [0.3, 0.4) is 0 Å². The first-order valence-corrected chi connectivity index (χ1v) is 8.31. The van der Waals surface area contributed by atoms with Crippen LogP contribution in [0, 0.1) is 5.92 Å². The summed E-state index contributed by atoms with van der Waals surface area (Å²) in [7, 11) is 0. The van der Waals surface area contributed by atoms with E-state index in [1.807, 2.05) is 12.1 Å². The van der Waals surface area contributed by atoms with Crippen LogP contribution in [0.5, 0.6) is 5.75 Å². The Bertz CT molecular complexity index is 732. The molecule has 0 radical (unpaired) electrons. The van der Waals surface area contributed by atoms with Crippen molar-refractivity contribution < 1.29 is 5.11 Å². The number of allylic oxidation sites excluding steroid dienone is 1. The normalized spacial score (nSPS) is 17.7. The van der Waals surface area contributed by atoms with Gasteiger partial charge in [0.25, 0.3) is 0 Å². The number of aromatic hydroxyl groups is 1. The molecule has 0 amide bonds. The molecule has 0 unspecified atom stereocenters. The highest BCUT2D eigenvalue weighted by molar-refractivity contribution is 5.73. The number of phenolic OH excluding ortho intramolecular Hbond substituents is 1. The van der Waals surface area contributed by atoms with Gasteiger partial charge in [-0.3, -0.25) is 0 Å². The fourth-order valence-corrected chi connectivity index (χ4v) is 3.52. The van der Waals surface area contributed by atoms with Crippen LogP contribution in [-0.4, -0.2) is 23.1 Å². The van der Waals surface area contributed by atoms with Crippen LogP contribution in [0.25, 0.3) is 17.7 Å². The van der Waals surface area contributed by atoms with E-state index >= 15 is 0 Å². The van der Waals surface area contributed by atoms with Crippen LogP contribution in [0.4, 0.5) is 0 Å². The molecule has 0 saturated carbocycles. The summed E-state index contributed by atoms with van der Waals surface area (Å²) in [6.45, 7) is 2.45. The summed E-state index contributed by atoms with van der Waals surface area (Å²) in [6, 6.07) is 16.1. The van der Waals surface area contributed by atoms with Crippen molar-refractivity contribution in [3.63, 3.8) is 0 Å². The van der Waals surface area contributed by atoms with E-state index in [1.165, 1.54) is 42.6 Å². The third kappa shape index (κ3) is 3.02. The Kier molecular flexibility index (Phi) is 3.66. The second-order valence-corrected chi connectivity index (χ2v) is 6.44. The molecule has 1 saturated heterocycles. The smallest absolute Gasteiger partial charge is 0.115 e. The number of benzene rings is 2. The molecule has 0 atom stereocenters. The summed E-state index contributed by atoms with van der Waals surface area (Å²) in [5.74, 6) is 1.05. The third-order valence-electron chi connectivity index (χ3n) is 4.90. The predicted octanol–water partition coefficient (Wildman–Crippen LogP) is 4.63. The summed E-state index contributed by atoms with van der Waals surface area (Å²) in [5, 5.41) is 9.31. The monoisotopic (exact) mass is 303 g/mol. The van der Waals surface area contributed by atoms with Crippen LogP contribution < -0.4 is 0 Å². The summed E-state index contributed by atoms with van der Waals surface area (Å²) in [5.41, 5.74) is 5.16. The van der Waals surface area contributed by atoms with Crippen LogP contribution >= 0.6 is 0 Å². The Hall–Kier alpha value is -2.48. The first-order chi connectivity index (χ1) is 11.3. The van der Waals surface area contributed by atoms with Gasteiger partial charge in [-0.05, 0) is 53.2 Å². The predicted molar refractivity (Wildman–Crippen MR) is 95.8 cm³/mol. The first-order valence-electron chi connectivity index (χ1n) is 8.31. The molecule has 3 aliphatic rings. The maximum absolute atomic E-state index is 9.31. The summed E-state index contributed by atoms with van der Waals surface area (Å²) >= 11 is 0. The van der Waals surface area contributed by atoms with E-state index in [1.54, 1.807) is 12.1 Å². The van der Waals surface area contributed by atoms with Gasteiger partial charge in [-0.2, -0.15) is 0 Å². The molecule has 3 heterocycles. The van der Waals surface area contributed by atoms with E-state index in [2.05, 4.69) is 47.5 Å². The van der Waals surface area contributed by atoms with Gasteiger partial charge in [0.2, 0.25) is 0 Å². The third-order valence-corrected chi connectivity index (χ3v) is 4.90.